The predicted molar refractivity (Wildman–Crippen MR) is 55.4 cm³/mol. The van der Waals surface area contributed by atoms with Gasteiger partial charge in [0.05, 0.1) is 0 Å². The number of rotatable bonds is 2. The molecule has 1 aromatic carbocycles. The monoisotopic (exact) mass is 314 g/mol. The first kappa shape index (κ1) is 12.6. The summed E-state index contributed by atoms with van der Waals surface area (Å²) in [7, 11) is 7.36. The molecular weight excluding hydrogens is 308 g/mol. The summed E-state index contributed by atoms with van der Waals surface area (Å²) in [5, 5.41) is 0. The summed E-state index contributed by atoms with van der Waals surface area (Å²) in [6.07, 6.45) is 0. The Balaban J connectivity index is 3.39. The van der Waals surface area contributed by atoms with Gasteiger partial charge in [0, 0.05) is 0 Å². The molecule has 81 valence electrons. The fourth-order valence-electron chi connectivity index (χ4n) is 0.752. The van der Waals surface area contributed by atoms with Gasteiger partial charge in [-0.3, -0.25) is 0 Å². The molecule has 8 heteroatoms. The normalized spacial score (nSPS) is 15.9. The van der Waals surface area contributed by atoms with E-state index in [0.717, 1.165) is 0 Å². The van der Waals surface area contributed by atoms with Crippen molar-refractivity contribution in [3.8, 4) is 0 Å². The summed E-state index contributed by atoms with van der Waals surface area (Å²) < 4.78 is 28.7. The van der Waals surface area contributed by atoms with Crippen LogP contribution in [-0.2, 0) is 16.5 Å². The standard InChI is InChI=1S/C6H5O2S.3ClH.Cr.H2N/c7-9(8)6-4-2-1-3-5-6;;;;;/h1-5H;3*1H;;1H2/q;;;;+4;-1/p-3. The molecule has 2 N–H and O–H groups in total. The van der Waals surface area contributed by atoms with Crippen molar-refractivity contribution >= 4 is 38.4 Å². The van der Waals surface area contributed by atoms with E-state index in [-0.39, 0.29) is 4.90 Å². The maximum atomic E-state index is 11.7. The van der Waals surface area contributed by atoms with Crippen molar-refractivity contribution in [3.05, 3.63) is 30.3 Å². The van der Waals surface area contributed by atoms with Crippen molar-refractivity contribution in [2.24, 2.45) is 4.72 Å². The third-order valence-electron chi connectivity index (χ3n) is 1.41. The van der Waals surface area contributed by atoms with E-state index in [1.165, 1.54) is 24.3 Å². The molecule has 0 saturated heterocycles. The molecule has 0 spiro atoms. The molecule has 1 rings (SSSR count). The molecule has 0 heterocycles. The Hall–Kier alpha value is 0.532. The minimum atomic E-state index is -5.11. The molecule has 0 amide bonds. The maximum absolute atomic E-state index is 11.7. The van der Waals surface area contributed by atoms with Crippen LogP contribution in [0.3, 0.4) is 0 Å². The molecule has 0 atom stereocenters. The molecule has 0 saturated carbocycles. The molecule has 0 aromatic heterocycles. The van der Waals surface area contributed by atoms with E-state index in [1.54, 1.807) is 6.07 Å². The Morgan fingerprint density at radius 3 is 1.86 bits per heavy atom. The first-order valence-electron chi connectivity index (χ1n) is 3.31. The average molecular weight is 316 g/mol. The van der Waals surface area contributed by atoms with E-state index >= 15 is 0 Å². The number of nitrogens with two attached hydrogens (primary N) is 1. The molecule has 0 aliphatic carbocycles. The number of halogens is 3. The number of hydrogen-bond donors (Lipinski definition) is 1. The van der Waals surface area contributed by atoms with Crippen molar-refractivity contribution in [1.82, 2.24) is 0 Å². The van der Waals surface area contributed by atoms with Crippen LogP contribution in [0.5, 0.6) is 0 Å². The van der Waals surface area contributed by atoms with E-state index < -0.39 is 16.5 Å². The molecule has 0 fully saturated rings. The van der Waals surface area contributed by atoms with Gasteiger partial charge in [0.25, 0.3) is 0 Å². The van der Waals surface area contributed by atoms with E-state index in [1.807, 2.05) is 0 Å². The van der Waals surface area contributed by atoms with Gasteiger partial charge in [-0.05, 0) is 0 Å². The first-order valence-corrected chi connectivity index (χ1v) is 12.3. The van der Waals surface area contributed by atoms with Crippen molar-refractivity contribution < 1.29 is 16.7 Å². The summed E-state index contributed by atoms with van der Waals surface area (Å²) >= 11 is 0. The van der Waals surface area contributed by atoms with Crippen LogP contribution in [0.25, 0.3) is 0 Å². The van der Waals surface area contributed by atoms with Gasteiger partial charge in [-0.2, -0.15) is 0 Å². The molecule has 0 bridgehead atoms. The Bertz CT molecular complexity index is 430. The Kier molecular flexibility index (Phi) is 3.18. The van der Waals surface area contributed by atoms with Gasteiger partial charge in [0.1, 0.15) is 0 Å². The van der Waals surface area contributed by atoms with Crippen LogP contribution < -0.4 is 4.72 Å². The number of hydrogen-bond acceptors (Lipinski definition) is 3. The van der Waals surface area contributed by atoms with Gasteiger partial charge in [-0.1, -0.05) is 0 Å². The van der Waals surface area contributed by atoms with Crippen molar-refractivity contribution in [3.63, 3.8) is 0 Å². The van der Waals surface area contributed by atoms with Gasteiger partial charge >= 0.3 is 95.0 Å². The van der Waals surface area contributed by atoms with Crippen LogP contribution in [0.15, 0.2) is 35.2 Å². The summed E-state index contributed by atoms with van der Waals surface area (Å²) in [6, 6.07) is 7.40. The van der Waals surface area contributed by atoms with Crippen molar-refractivity contribution in [1.29, 1.82) is 0 Å². The molecule has 0 aliphatic rings. The second-order valence-electron chi connectivity index (χ2n) is 2.49. The molecule has 0 unspecified atom stereocenters. The Morgan fingerprint density at radius 2 is 1.50 bits per heavy atom. The van der Waals surface area contributed by atoms with Crippen LogP contribution in [-0.4, -0.2) is 8.42 Å². The second kappa shape index (κ2) is 3.53. The Labute approximate surface area is 94.5 Å². The Morgan fingerprint density at radius 1 is 1.07 bits per heavy atom. The van der Waals surface area contributed by atoms with E-state index in [4.69, 9.17) is 34.9 Å². The first-order chi connectivity index (χ1) is 6.12. The molecule has 0 aliphatic heterocycles. The molecular formula is C6H7Cl3CrNO2S. The van der Waals surface area contributed by atoms with Crippen LogP contribution in [0.2, 0.25) is 0 Å². The van der Waals surface area contributed by atoms with Gasteiger partial charge < -0.3 is 0 Å². The van der Waals surface area contributed by atoms with E-state index in [2.05, 4.69) is 0 Å². The quantitative estimate of drug-likeness (QED) is 0.911. The summed E-state index contributed by atoms with van der Waals surface area (Å²) in [5.74, 6) is 0. The zero-order valence-corrected chi connectivity index (χ0v) is 11.1. The van der Waals surface area contributed by atoms with Gasteiger partial charge in [-0.25, -0.2) is 0 Å². The average Bonchev–Trinajstić information content (AvgIpc) is 2.02. The molecule has 3 nitrogen and oxygen atoms in total. The third kappa shape index (κ3) is 2.37. The van der Waals surface area contributed by atoms with E-state index in [0.29, 0.717) is 0 Å². The topological polar surface area (TPSA) is 60.2 Å². The predicted octanol–water partition coefficient (Wildman–Crippen LogP) is 2.40. The third-order valence-corrected chi connectivity index (χ3v) is 13.6. The zero-order chi connectivity index (χ0) is 11.1. The molecule has 0 radical (unpaired) electrons. The summed E-state index contributed by atoms with van der Waals surface area (Å²) in [4.78, 5) is -0.0671. The minimum absolute atomic E-state index is 0.0671. The van der Waals surface area contributed by atoms with Crippen LogP contribution in [0.4, 0.5) is 0 Å². The van der Waals surface area contributed by atoms with Gasteiger partial charge in [0.15, 0.2) is 0 Å². The SMILES string of the molecule is [NH2][Cr]([Cl])([Cl])([Cl])[S](=O)(=O)c1ccccc1. The fourth-order valence-corrected chi connectivity index (χ4v) is 6.33. The van der Waals surface area contributed by atoms with E-state index in [9.17, 15) is 8.42 Å². The summed E-state index contributed by atoms with van der Waals surface area (Å²) in [6.45, 7) is 0. The van der Waals surface area contributed by atoms with Crippen LogP contribution in [0, 0.1) is 0 Å². The number of benzene rings is 1. The van der Waals surface area contributed by atoms with Crippen molar-refractivity contribution in [2.75, 3.05) is 0 Å². The second-order valence-corrected chi connectivity index (χ2v) is 23.2. The molecule has 14 heavy (non-hydrogen) atoms. The van der Waals surface area contributed by atoms with Gasteiger partial charge in [0.2, 0.25) is 0 Å². The molecule has 1 aromatic rings. The van der Waals surface area contributed by atoms with Crippen molar-refractivity contribution in [2.45, 2.75) is 4.90 Å². The van der Waals surface area contributed by atoms with Crippen LogP contribution in [0.1, 0.15) is 0 Å². The zero-order valence-electron chi connectivity index (χ0n) is 6.73. The summed E-state index contributed by atoms with van der Waals surface area (Å²) in [5.41, 5.74) is 0. The van der Waals surface area contributed by atoms with Crippen LogP contribution >= 0.6 is 30.1 Å². The fraction of sp³-hybridized carbons (Fsp3) is 0. The van der Waals surface area contributed by atoms with Gasteiger partial charge in [-0.15, -0.1) is 0 Å².